The molecule has 0 aromatic rings. The summed E-state index contributed by atoms with van der Waals surface area (Å²) in [5.74, 6) is -2.95. The van der Waals surface area contributed by atoms with Crippen LogP contribution < -0.4 is 0 Å². The van der Waals surface area contributed by atoms with Crippen molar-refractivity contribution in [3.05, 3.63) is 0 Å². The molecule has 1 heterocycles. The zero-order chi connectivity index (χ0) is 13.9. The normalized spacial score (nSPS) is 41.2. The van der Waals surface area contributed by atoms with Crippen LogP contribution in [0.15, 0.2) is 0 Å². The van der Waals surface area contributed by atoms with Gasteiger partial charge in [-0.3, -0.25) is 4.79 Å². The van der Waals surface area contributed by atoms with Gasteiger partial charge >= 0.3 is 17.2 Å². The van der Waals surface area contributed by atoms with Crippen LogP contribution in [0.25, 0.3) is 0 Å². The van der Waals surface area contributed by atoms with E-state index in [-0.39, 0.29) is 23.7 Å². The number of rotatable bonds is 3. The second-order valence-electron chi connectivity index (χ2n) is 5.04. The SMILES string of the molecule is O=C1OC2C3CC(CC13)C2OC(=O)C(F)(F)S(=O)O. The number of hydrogen-bond donors (Lipinski definition) is 1. The first kappa shape index (κ1) is 12.9. The Morgan fingerprint density at radius 3 is 2.79 bits per heavy atom. The number of halogens is 2. The topological polar surface area (TPSA) is 89.9 Å². The third kappa shape index (κ3) is 1.71. The molecule has 2 aliphatic carbocycles. The average molecular weight is 296 g/mol. The summed E-state index contributed by atoms with van der Waals surface area (Å²) in [6.07, 6.45) is -0.587. The molecule has 0 radical (unpaired) electrons. The molecule has 2 bridgehead atoms. The molecule has 3 fully saturated rings. The van der Waals surface area contributed by atoms with Crippen molar-refractivity contribution in [3.8, 4) is 0 Å². The van der Waals surface area contributed by atoms with E-state index >= 15 is 0 Å². The van der Waals surface area contributed by atoms with Crippen LogP contribution in [-0.4, -0.2) is 38.2 Å². The van der Waals surface area contributed by atoms with E-state index in [4.69, 9.17) is 9.29 Å². The van der Waals surface area contributed by atoms with E-state index < -0.39 is 34.5 Å². The molecule has 6 atom stereocenters. The highest BCUT2D eigenvalue weighted by molar-refractivity contribution is 7.81. The summed E-state index contributed by atoms with van der Waals surface area (Å²) >= 11 is -3.63. The van der Waals surface area contributed by atoms with E-state index in [1.54, 1.807) is 0 Å². The van der Waals surface area contributed by atoms with Gasteiger partial charge in [-0.15, -0.1) is 0 Å². The van der Waals surface area contributed by atoms with Gasteiger partial charge in [0.15, 0.2) is 0 Å². The van der Waals surface area contributed by atoms with Crippen LogP contribution in [0, 0.1) is 17.8 Å². The predicted octanol–water partition coefficient (Wildman–Crippen LogP) is 0.294. The minimum Gasteiger partial charge on any atom is -0.458 e. The van der Waals surface area contributed by atoms with E-state index in [9.17, 15) is 22.6 Å². The van der Waals surface area contributed by atoms with Gasteiger partial charge in [-0.05, 0) is 12.8 Å². The third-order valence-electron chi connectivity index (χ3n) is 4.11. The highest BCUT2D eigenvalue weighted by Gasteiger charge is 2.64. The molecule has 1 aliphatic heterocycles. The molecule has 19 heavy (non-hydrogen) atoms. The zero-order valence-corrected chi connectivity index (χ0v) is 10.3. The molecule has 3 aliphatic rings. The number of hydrogen-bond acceptors (Lipinski definition) is 5. The number of fused-ring (bicyclic) bond motifs is 1. The summed E-state index contributed by atoms with van der Waals surface area (Å²) in [5, 5.41) is -4.47. The van der Waals surface area contributed by atoms with Crippen molar-refractivity contribution >= 4 is 23.0 Å². The summed E-state index contributed by atoms with van der Waals surface area (Å²) in [6.45, 7) is 0. The second kappa shape index (κ2) is 3.95. The van der Waals surface area contributed by atoms with Crippen molar-refractivity contribution in [1.29, 1.82) is 0 Å². The maximum Gasteiger partial charge on any atom is 0.439 e. The summed E-state index contributed by atoms with van der Waals surface area (Å²) in [6, 6.07) is 0. The van der Waals surface area contributed by atoms with Gasteiger partial charge in [0.05, 0.1) is 5.92 Å². The molecule has 0 aromatic heterocycles. The lowest BCUT2D eigenvalue weighted by Gasteiger charge is -2.26. The molecule has 1 N–H and O–H groups in total. The van der Waals surface area contributed by atoms with Gasteiger partial charge in [-0.25, -0.2) is 9.00 Å². The van der Waals surface area contributed by atoms with Crippen LogP contribution in [0.1, 0.15) is 12.8 Å². The first-order valence-corrected chi connectivity index (χ1v) is 6.83. The lowest BCUT2D eigenvalue weighted by Crippen LogP contribution is -2.42. The predicted molar refractivity (Wildman–Crippen MR) is 55.2 cm³/mol. The van der Waals surface area contributed by atoms with E-state index in [0.717, 1.165) is 0 Å². The summed E-state index contributed by atoms with van der Waals surface area (Å²) in [7, 11) is 0. The van der Waals surface area contributed by atoms with Crippen molar-refractivity contribution in [2.45, 2.75) is 30.3 Å². The molecule has 1 saturated heterocycles. The fourth-order valence-corrected chi connectivity index (χ4v) is 3.52. The smallest absolute Gasteiger partial charge is 0.439 e. The maximum atomic E-state index is 13.0. The van der Waals surface area contributed by atoms with E-state index in [1.165, 1.54) is 0 Å². The van der Waals surface area contributed by atoms with Gasteiger partial charge in [-0.1, -0.05) is 0 Å². The average Bonchev–Trinajstić information content (AvgIpc) is 2.93. The van der Waals surface area contributed by atoms with E-state index in [2.05, 4.69) is 4.74 Å². The van der Waals surface area contributed by atoms with Gasteiger partial charge in [0, 0.05) is 11.8 Å². The quantitative estimate of drug-likeness (QED) is 0.595. The molecule has 0 amide bonds. The van der Waals surface area contributed by atoms with Crippen molar-refractivity contribution in [3.63, 3.8) is 0 Å². The van der Waals surface area contributed by atoms with Crippen molar-refractivity contribution in [2.24, 2.45) is 17.8 Å². The first-order chi connectivity index (χ1) is 8.82. The Morgan fingerprint density at radius 1 is 1.47 bits per heavy atom. The van der Waals surface area contributed by atoms with Crippen molar-refractivity contribution < 1.29 is 36.6 Å². The molecule has 0 spiro atoms. The van der Waals surface area contributed by atoms with Gasteiger partial charge < -0.3 is 14.0 Å². The van der Waals surface area contributed by atoms with Crippen molar-refractivity contribution in [2.75, 3.05) is 0 Å². The standard InChI is InChI=1S/C10H10F2O6S/c11-10(12,19(15)16)9(14)18-6-3-1-4-5(2-3)8(13)17-7(4)6/h3-7H,1-2H2,(H,15,16). The first-order valence-electron chi connectivity index (χ1n) is 5.72. The molecule has 6 unspecified atom stereocenters. The summed E-state index contributed by atoms with van der Waals surface area (Å²) in [4.78, 5) is 22.7. The monoisotopic (exact) mass is 296 g/mol. The fraction of sp³-hybridized carbons (Fsp3) is 0.800. The molecule has 3 rings (SSSR count). The summed E-state index contributed by atoms with van der Waals surface area (Å²) < 4.78 is 54.4. The van der Waals surface area contributed by atoms with Gasteiger partial charge in [0.1, 0.15) is 12.2 Å². The molecule has 0 aromatic carbocycles. The molecule has 106 valence electrons. The molecular weight excluding hydrogens is 286 g/mol. The summed E-state index contributed by atoms with van der Waals surface area (Å²) in [5.41, 5.74) is 0. The van der Waals surface area contributed by atoms with Crippen LogP contribution in [-0.2, 0) is 30.1 Å². The number of carbonyl (C=O) groups is 2. The number of carbonyl (C=O) groups excluding carboxylic acids is 2. The minimum absolute atomic E-state index is 0.0939. The van der Waals surface area contributed by atoms with Crippen molar-refractivity contribution in [1.82, 2.24) is 0 Å². The number of esters is 2. The second-order valence-corrected chi connectivity index (χ2v) is 6.05. The fourth-order valence-electron chi connectivity index (χ4n) is 3.33. The van der Waals surface area contributed by atoms with E-state index in [0.29, 0.717) is 12.8 Å². The Morgan fingerprint density at radius 2 is 2.16 bits per heavy atom. The third-order valence-corrected chi connectivity index (χ3v) is 4.72. The number of ether oxygens (including phenoxy) is 2. The Hall–Kier alpha value is -1.09. The minimum atomic E-state index is -4.47. The van der Waals surface area contributed by atoms with Crippen LogP contribution in [0.4, 0.5) is 8.78 Å². The Bertz CT molecular complexity index is 481. The van der Waals surface area contributed by atoms with Crippen LogP contribution >= 0.6 is 0 Å². The zero-order valence-electron chi connectivity index (χ0n) is 9.45. The van der Waals surface area contributed by atoms with Crippen LogP contribution in [0.3, 0.4) is 0 Å². The highest BCUT2D eigenvalue weighted by Crippen LogP contribution is 2.55. The Kier molecular flexibility index (Phi) is 2.69. The van der Waals surface area contributed by atoms with Gasteiger partial charge in [0.2, 0.25) is 11.1 Å². The van der Waals surface area contributed by atoms with Gasteiger partial charge in [0.25, 0.3) is 0 Å². The molecular formula is C10H10F2O6S. The Labute approximate surface area is 108 Å². The lowest BCUT2D eigenvalue weighted by molar-refractivity contribution is -0.176. The highest BCUT2D eigenvalue weighted by atomic mass is 32.2. The largest absolute Gasteiger partial charge is 0.458 e. The lowest BCUT2D eigenvalue weighted by atomic mass is 9.88. The van der Waals surface area contributed by atoms with E-state index in [1.807, 2.05) is 0 Å². The molecule has 2 saturated carbocycles. The molecule has 6 nitrogen and oxygen atoms in total. The van der Waals surface area contributed by atoms with Crippen LogP contribution in [0.2, 0.25) is 0 Å². The maximum absolute atomic E-state index is 13.0. The van der Waals surface area contributed by atoms with Crippen LogP contribution in [0.5, 0.6) is 0 Å². The Balaban J connectivity index is 1.74. The van der Waals surface area contributed by atoms with Gasteiger partial charge in [-0.2, -0.15) is 8.78 Å². The molecule has 9 heteroatoms. The number of alkyl halides is 2.